The maximum atomic E-state index is 5.53. The third-order valence-corrected chi connectivity index (χ3v) is 4.15. The molecule has 19 heavy (non-hydrogen) atoms. The Morgan fingerprint density at radius 3 is 3.00 bits per heavy atom. The van der Waals surface area contributed by atoms with Gasteiger partial charge in [-0.25, -0.2) is 0 Å². The minimum Gasteiger partial charge on any atom is -0.461 e. The number of nitrogens with zero attached hydrogens (tertiary/aromatic N) is 4. The van der Waals surface area contributed by atoms with Gasteiger partial charge in [-0.3, -0.25) is 0 Å². The van der Waals surface area contributed by atoms with Gasteiger partial charge >= 0.3 is 0 Å². The van der Waals surface area contributed by atoms with Crippen LogP contribution >= 0.6 is 23.1 Å². The number of hydrogen-bond acceptors (Lipinski definition) is 9. The minimum absolute atomic E-state index is 0.0384. The lowest BCUT2D eigenvalue weighted by Crippen LogP contribution is -1.88. The molecule has 3 aromatic rings. The Hall–Kier alpha value is -1.87. The van der Waals surface area contributed by atoms with Gasteiger partial charge in [0.25, 0.3) is 0 Å². The van der Waals surface area contributed by atoms with Crippen molar-refractivity contribution in [2.24, 2.45) is 0 Å². The molecular weight excluding hydrogens is 286 g/mol. The van der Waals surface area contributed by atoms with Crippen LogP contribution in [0.25, 0.3) is 11.6 Å². The molecule has 0 saturated heterocycles. The second-order valence-electron chi connectivity index (χ2n) is 3.60. The fourth-order valence-electron chi connectivity index (χ4n) is 1.38. The highest BCUT2D eigenvalue weighted by Crippen LogP contribution is 2.36. The fraction of sp³-hybridized carbons (Fsp3) is 0.200. The number of hydrogen-bond donors (Lipinski definition) is 1. The lowest BCUT2D eigenvalue weighted by Gasteiger charge is -2.00. The molecule has 3 rings (SSSR count). The number of anilines is 1. The van der Waals surface area contributed by atoms with Gasteiger partial charge in [0.15, 0.2) is 10.1 Å². The van der Waals surface area contributed by atoms with Gasteiger partial charge in [-0.2, -0.15) is 4.98 Å². The van der Waals surface area contributed by atoms with Crippen LogP contribution < -0.4 is 5.73 Å². The summed E-state index contributed by atoms with van der Waals surface area (Å²) in [5.41, 5.74) is 5.53. The molecule has 9 heteroatoms. The molecule has 98 valence electrons. The number of furan rings is 1. The summed E-state index contributed by atoms with van der Waals surface area (Å²) in [7, 11) is 0. The Labute approximate surface area is 116 Å². The minimum atomic E-state index is -0.0384. The zero-order valence-electron chi connectivity index (χ0n) is 9.81. The lowest BCUT2D eigenvalue weighted by molar-refractivity contribution is 0.379. The summed E-state index contributed by atoms with van der Waals surface area (Å²) in [6, 6.07) is 3.55. The first-order chi connectivity index (χ1) is 9.22. The highest BCUT2D eigenvalue weighted by molar-refractivity contribution is 8.01. The molecular formula is C10H9N5O2S2. The average molecular weight is 295 g/mol. The Morgan fingerprint density at radius 2 is 2.32 bits per heavy atom. The lowest BCUT2D eigenvalue weighted by atomic mass is 10.4. The zero-order valence-corrected chi connectivity index (χ0v) is 11.4. The predicted molar refractivity (Wildman–Crippen MR) is 70.6 cm³/mol. The molecule has 0 aliphatic rings. The summed E-state index contributed by atoms with van der Waals surface area (Å²) >= 11 is 2.79. The molecule has 0 aromatic carbocycles. The Bertz CT molecular complexity index is 663. The van der Waals surface area contributed by atoms with Crippen molar-refractivity contribution in [3.05, 3.63) is 24.3 Å². The molecule has 0 aliphatic heterocycles. The monoisotopic (exact) mass is 295 g/mol. The van der Waals surface area contributed by atoms with E-state index in [1.54, 1.807) is 18.4 Å². The van der Waals surface area contributed by atoms with E-state index in [-0.39, 0.29) is 5.25 Å². The maximum absolute atomic E-state index is 5.53. The van der Waals surface area contributed by atoms with E-state index in [2.05, 4.69) is 20.3 Å². The van der Waals surface area contributed by atoms with Crippen molar-refractivity contribution in [2.45, 2.75) is 16.5 Å². The van der Waals surface area contributed by atoms with Gasteiger partial charge in [0.05, 0.1) is 11.5 Å². The zero-order chi connectivity index (χ0) is 13.2. The summed E-state index contributed by atoms with van der Waals surface area (Å²) in [4.78, 5) is 4.29. The number of thioether (sulfide) groups is 1. The summed E-state index contributed by atoms with van der Waals surface area (Å²) in [5.74, 6) is 1.52. The standard InChI is InChI=1S/C10H9N5O2S2/c1-5(18-10-14-13-9(11)19-10)8-12-7(15-17-8)6-3-2-4-16-6/h2-5H,1H3,(H2,11,13)/t5-/m1/s1. The third-order valence-electron chi connectivity index (χ3n) is 2.23. The van der Waals surface area contributed by atoms with E-state index in [0.717, 1.165) is 4.34 Å². The highest BCUT2D eigenvalue weighted by Gasteiger charge is 2.19. The van der Waals surface area contributed by atoms with E-state index >= 15 is 0 Å². The largest absolute Gasteiger partial charge is 0.461 e. The summed E-state index contributed by atoms with van der Waals surface area (Å²) in [6.45, 7) is 1.95. The summed E-state index contributed by atoms with van der Waals surface area (Å²) < 4.78 is 11.2. The number of rotatable bonds is 4. The Morgan fingerprint density at radius 1 is 1.42 bits per heavy atom. The van der Waals surface area contributed by atoms with E-state index in [4.69, 9.17) is 14.7 Å². The normalized spacial score (nSPS) is 12.7. The van der Waals surface area contributed by atoms with E-state index in [1.807, 2.05) is 6.92 Å². The molecule has 1 atom stereocenters. The van der Waals surface area contributed by atoms with Crippen molar-refractivity contribution < 1.29 is 8.94 Å². The van der Waals surface area contributed by atoms with Crippen LogP contribution in [0.1, 0.15) is 18.1 Å². The first-order valence-corrected chi connectivity index (χ1v) is 7.05. The van der Waals surface area contributed by atoms with Crippen molar-refractivity contribution in [3.63, 3.8) is 0 Å². The average Bonchev–Trinajstić information content (AvgIpc) is 3.08. The first-order valence-electron chi connectivity index (χ1n) is 5.35. The molecule has 3 heterocycles. The van der Waals surface area contributed by atoms with Crippen LogP contribution in [-0.4, -0.2) is 20.3 Å². The second-order valence-corrected chi connectivity index (χ2v) is 6.20. The molecule has 0 unspecified atom stereocenters. The van der Waals surface area contributed by atoms with Gasteiger partial charge in [0.1, 0.15) is 0 Å². The van der Waals surface area contributed by atoms with Gasteiger partial charge in [-0.05, 0) is 19.1 Å². The predicted octanol–water partition coefficient (Wildman–Crippen LogP) is 2.62. The summed E-state index contributed by atoms with van der Waals surface area (Å²) in [5, 5.41) is 12.0. The van der Waals surface area contributed by atoms with Crippen LogP contribution in [0.5, 0.6) is 0 Å². The van der Waals surface area contributed by atoms with E-state index in [1.165, 1.54) is 23.1 Å². The Balaban J connectivity index is 1.75. The van der Waals surface area contributed by atoms with Crippen molar-refractivity contribution >= 4 is 28.2 Å². The van der Waals surface area contributed by atoms with Gasteiger partial charge in [-0.1, -0.05) is 28.3 Å². The van der Waals surface area contributed by atoms with Crippen LogP contribution in [0.4, 0.5) is 5.13 Å². The SMILES string of the molecule is C[C@@H](Sc1nnc(N)s1)c1nc(-c2ccco2)no1. The van der Waals surface area contributed by atoms with E-state index < -0.39 is 0 Å². The van der Waals surface area contributed by atoms with Crippen LogP contribution in [-0.2, 0) is 0 Å². The molecule has 0 spiro atoms. The highest BCUT2D eigenvalue weighted by atomic mass is 32.2. The molecule has 7 nitrogen and oxygen atoms in total. The number of nitrogen functional groups attached to an aromatic ring is 1. The molecule has 0 aliphatic carbocycles. The van der Waals surface area contributed by atoms with Crippen molar-refractivity contribution in [1.82, 2.24) is 20.3 Å². The summed E-state index contributed by atoms with van der Waals surface area (Å²) in [6.07, 6.45) is 1.56. The van der Waals surface area contributed by atoms with Gasteiger partial charge < -0.3 is 14.7 Å². The van der Waals surface area contributed by atoms with Crippen molar-refractivity contribution in [3.8, 4) is 11.6 Å². The molecule has 0 saturated carbocycles. The molecule has 0 amide bonds. The Kier molecular flexibility index (Phi) is 3.22. The number of aromatic nitrogens is 4. The topological polar surface area (TPSA) is 104 Å². The van der Waals surface area contributed by atoms with Crippen LogP contribution in [0.2, 0.25) is 0 Å². The quantitative estimate of drug-likeness (QED) is 0.732. The molecule has 2 N–H and O–H groups in total. The second kappa shape index (κ2) is 5.02. The van der Waals surface area contributed by atoms with Crippen LogP contribution in [0.3, 0.4) is 0 Å². The number of nitrogens with two attached hydrogens (primary N) is 1. The van der Waals surface area contributed by atoms with Crippen molar-refractivity contribution in [2.75, 3.05) is 5.73 Å². The third kappa shape index (κ3) is 2.61. The smallest absolute Gasteiger partial charge is 0.240 e. The molecule has 0 fully saturated rings. The van der Waals surface area contributed by atoms with Crippen molar-refractivity contribution in [1.29, 1.82) is 0 Å². The van der Waals surface area contributed by atoms with Gasteiger partial charge in [-0.15, -0.1) is 10.2 Å². The molecule has 0 radical (unpaired) electrons. The van der Waals surface area contributed by atoms with E-state index in [9.17, 15) is 0 Å². The maximum Gasteiger partial charge on any atom is 0.240 e. The van der Waals surface area contributed by atoms with Gasteiger partial charge in [0, 0.05) is 0 Å². The first kappa shape index (κ1) is 12.2. The van der Waals surface area contributed by atoms with E-state index in [0.29, 0.717) is 22.6 Å². The fourth-order valence-corrected chi connectivity index (χ4v) is 3.19. The molecule has 3 aromatic heterocycles. The van der Waals surface area contributed by atoms with Gasteiger partial charge in [0.2, 0.25) is 16.8 Å². The van der Waals surface area contributed by atoms with Crippen LogP contribution in [0, 0.1) is 0 Å². The molecule has 0 bridgehead atoms. The van der Waals surface area contributed by atoms with Crippen LogP contribution in [0.15, 0.2) is 31.7 Å².